The van der Waals surface area contributed by atoms with Crippen molar-refractivity contribution in [2.75, 3.05) is 46.2 Å². The highest BCUT2D eigenvalue weighted by molar-refractivity contribution is 6.46. The number of Topliss-reactive ketones (excluding diaryl/α,β-unsaturated/α-hetero) is 1. The summed E-state index contributed by atoms with van der Waals surface area (Å²) in [4.78, 5) is 29.9. The van der Waals surface area contributed by atoms with E-state index in [4.69, 9.17) is 14.2 Å². The van der Waals surface area contributed by atoms with Crippen LogP contribution < -0.4 is 9.47 Å². The van der Waals surface area contributed by atoms with E-state index in [0.717, 1.165) is 13.1 Å². The van der Waals surface area contributed by atoms with Crippen LogP contribution in [-0.2, 0) is 14.3 Å². The summed E-state index contributed by atoms with van der Waals surface area (Å²) in [5.41, 5.74) is 1.26. The molecule has 0 spiro atoms. The molecule has 1 N–H and O–H groups in total. The Labute approximate surface area is 185 Å². The van der Waals surface area contributed by atoms with Crippen molar-refractivity contribution in [3.8, 4) is 11.5 Å². The number of rotatable bonds is 5. The fourth-order valence-corrected chi connectivity index (χ4v) is 4.37. The number of hydrogen-bond acceptors (Lipinski definition) is 7. The van der Waals surface area contributed by atoms with Crippen molar-refractivity contribution in [2.45, 2.75) is 6.04 Å². The minimum Gasteiger partial charge on any atom is -0.507 e. The molecule has 0 bridgehead atoms. The van der Waals surface area contributed by atoms with Crippen LogP contribution in [0.4, 0.5) is 0 Å². The first-order chi connectivity index (χ1) is 15.6. The number of ketones is 1. The number of carbonyl (C=O) groups excluding carboxylic acids is 2. The third kappa shape index (κ3) is 3.72. The maximum atomic E-state index is 13.1. The van der Waals surface area contributed by atoms with Gasteiger partial charge in [0.05, 0.1) is 24.8 Å². The Morgan fingerprint density at radius 1 is 0.969 bits per heavy atom. The van der Waals surface area contributed by atoms with Gasteiger partial charge in [0.1, 0.15) is 5.76 Å². The summed E-state index contributed by atoms with van der Waals surface area (Å²) in [6.45, 7) is 3.96. The molecule has 0 aromatic heterocycles. The highest BCUT2D eigenvalue weighted by Crippen LogP contribution is 2.42. The summed E-state index contributed by atoms with van der Waals surface area (Å²) in [5.74, 6) is -0.307. The van der Waals surface area contributed by atoms with Crippen molar-refractivity contribution in [3.05, 3.63) is 65.2 Å². The zero-order valence-electron chi connectivity index (χ0n) is 17.5. The number of aliphatic hydroxyl groups is 1. The molecule has 3 aliphatic heterocycles. The molecule has 2 saturated heterocycles. The molecule has 8 nitrogen and oxygen atoms in total. The number of fused-ring (bicyclic) bond motifs is 1. The minimum absolute atomic E-state index is 0.0852. The molecule has 3 heterocycles. The Morgan fingerprint density at radius 3 is 2.50 bits per heavy atom. The Bertz CT molecular complexity index is 1060. The summed E-state index contributed by atoms with van der Waals surface area (Å²) < 4.78 is 16.3. The van der Waals surface area contributed by atoms with E-state index in [1.807, 2.05) is 12.1 Å². The highest BCUT2D eigenvalue weighted by atomic mass is 16.7. The summed E-state index contributed by atoms with van der Waals surface area (Å²) in [5, 5.41) is 11.1. The van der Waals surface area contributed by atoms with Gasteiger partial charge >= 0.3 is 0 Å². The lowest BCUT2D eigenvalue weighted by Crippen LogP contribution is -2.42. The standard InChI is InChI=1S/C24H24N2O6/c27-22(16-4-2-1-3-5-16)20-21(17-6-7-18-19(14-17)32-15-31-18)26(24(29)23(20)28)9-8-25-10-12-30-13-11-25/h1-7,14,21,27H,8-13,15H2/t21-/m0/s1. The predicted molar refractivity (Wildman–Crippen MR) is 115 cm³/mol. The van der Waals surface area contributed by atoms with Gasteiger partial charge in [-0.1, -0.05) is 36.4 Å². The highest BCUT2D eigenvalue weighted by Gasteiger charge is 2.46. The number of morpholine rings is 1. The van der Waals surface area contributed by atoms with Crippen molar-refractivity contribution in [3.63, 3.8) is 0 Å². The first-order valence-corrected chi connectivity index (χ1v) is 10.7. The van der Waals surface area contributed by atoms with Crippen molar-refractivity contribution in [2.24, 2.45) is 0 Å². The second-order valence-electron chi connectivity index (χ2n) is 7.93. The SMILES string of the molecule is O=C1C(=O)N(CCN2CCOCC2)[C@@H](c2ccc3c(c2)OCO3)C1=C(O)c1ccccc1. The number of likely N-dealkylation sites (tertiary alicyclic amines) is 1. The van der Waals surface area contributed by atoms with Crippen LogP contribution in [0.5, 0.6) is 11.5 Å². The monoisotopic (exact) mass is 436 g/mol. The molecule has 1 atom stereocenters. The normalized spacial score (nSPS) is 22.5. The van der Waals surface area contributed by atoms with Crippen LogP contribution in [0.15, 0.2) is 54.1 Å². The third-order valence-electron chi connectivity index (χ3n) is 6.06. The molecule has 1 amide bonds. The van der Waals surface area contributed by atoms with Crippen molar-refractivity contribution in [1.82, 2.24) is 9.80 Å². The lowest BCUT2D eigenvalue weighted by Gasteiger charge is -2.31. The molecule has 0 saturated carbocycles. The van der Waals surface area contributed by atoms with Gasteiger partial charge in [-0.05, 0) is 17.7 Å². The minimum atomic E-state index is -0.717. The third-order valence-corrected chi connectivity index (χ3v) is 6.06. The second-order valence-corrected chi connectivity index (χ2v) is 7.93. The van der Waals surface area contributed by atoms with Gasteiger partial charge in [-0.2, -0.15) is 0 Å². The average molecular weight is 436 g/mol. The molecule has 0 unspecified atom stereocenters. The molecular formula is C24H24N2O6. The number of aliphatic hydroxyl groups excluding tert-OH is 1. The van der Waals surface area contributed by atoms with Crippen LogP contribution in [0, 0.1) is 0 Å². The largest absolute Gasteiger partial charge is 0.507 e. The number of ether oxygens (including phenoxy) is 3. The van der Waals surface area contributed by atoms with Gasteiger partial charge in [-0.3, -0.25) is 14.5 Å². The lowest BCUT2D eigenvalue weighted by molar-refractivity contribution is -0.140. The van der Waals surface area contributed by atoms with Gasteiger partial charge in [-0.15, -0.1) is 0 Å². The van der Waals surface area contributed by atoms with Crippen LogP contribution >= 0.6 is 0 Å². The molecule has 2 fully saturated rings. The van der Waals surface area contributed by atoms with Gasteiger partial charge in [-0.25, -0.2) is 0 Å². The van der Waals surface area contributed by atoms with E-state index >= 15 is 0 Å². The molecule has 3 aliphatic rings. The topological polar surface area (TPSA) is 88.5 Å². The summed E-state index contributed by atoms with van der Waals surface area (Å²) >= 11 is 0. The van der Waals surface area contributed by atoms with E-state index in [1.54, 1.807) is 41.3 Å². The number of benzene rings is 2. The molecule has 2 aromatic rings. The number of amides is 1. The second kappa shape index (κ2) is 8.64. The lowest BCUT2D eigenvalue weighted by atomic mass is 9.95. The average Bonchev–Trinajstić information content (AvgIpc) is 3.40. The fourth-order valence-electron chi connectivity index (χ4n) is 4.37. The Hall–Kier alpha value is -3.36. The summed E-state index contributed by atoms with van der Waals surface area (Å²) in [6, 6.07) is 13.4. The van der Waals surface area contributed by atoms with Gasteiger partial charge in [0.15, 0.2) is 11.5 Å². The van der Waals surface area contributed by atoms with E-state index in [-0.39, 0.29) is 18.1 Å². The van der Waals surface area contributed by atoms with E-state index in [0.29, 0.717) is 48.9 Å². The maximum absolute atomic E-state index is 13.1. The zero-order chi connectivity index (χ0) is 22.1. The van der Waals surface area contributed by atoms with E-state index < -0.39 is 17.7 Å². The molecule has 0 aliphatic carbocycles. The van der Waals surface area contributed by atoms with E-state index in [2.05, 4.69) is 4.90 Å². The number of carbonyl (C=O) groups is 2. The zero-order valence-corrected chi connectivity index (χ0v) is 17.5. The number of hydrogen-bond donors (Lipinski definition) is 1. The molecule has 32 heavy (non-hydrogen) atoms. The molecule has 5 rings (SSSR count). The van der Waals surface area contributed by atoms with Gasteiger partial charge in [0.25, 0.3) is 11.7 Å². The Morgan fingerprint density at radius 2 is 1.72 bits per heavy atom. The van der Waals surface area contributed by atoms with Crippen LogP contribution in [0.1, 0.15) is 17.2 Å². The van der Waals surface area contributed by atoms with Gasteiger partial charge in [0, 0.05) is 31.7 Å². The predicted octanol–water partition coefficient (Wildman–Crippen LogP) is 2.17. The first-order valence-electron chi connectivity index (χ1n) is 10.7. The van der Waals surface area contributed by atoms with Gasteiger partial charge < -0.3 is 24.2 Å². The van der Waals surface area contributed by atoms with Crippen LogP contribution in [-0.4, -0.2) is 72.8 Å². The maximum Gasteiger partial charge on any atom is 0.295 e. The van der Waals surface area contributed by atoms with Gasteiger partial charge in [0.2, 0.25) is 6.79 Å². The quantitative estimate of drug-likeness (QED) is 0.437. The van der Waals surface area contributed by atoms with Crippen LogP contribution in [0.2, 0.25) is 0 Å². The van der Waals surface area contributed by atoms with Crippen LogP contribution in [0.25, 0.3) is 5.76 Å². The molecule has 2 aromatic carbocycles. The fraction of sp³-hybridized carbons (Fsp3) is 0.333. The number of nitrogens with zero attached hydrogens (tertiary/aromatic N) is 2. The smallest absolute Gasteiger partial charge is 0.295 e. The molecular weight excluding hydrogens is 412 g/mol. The Balaban J connectivity index is 1.54. The summed E-state index contributed by atoms with van der Waals surface area (Å²) in [7, 11) is 0. The summed E-state index contributed by atoms with van der Waals surface area (Å²) in [6.07, 6.45) is 0. The van der Waals surface area contributed by atoms with Crippen molar-refractivity contribution >= 4 is 17.4 Å². The molecule has 0 radical (unpaired) electrons. The van der Waals surface area contributed by atoms with E-state index in [9.17, 15) is 14.7 Å². The van der Waals surface area contributed by atoms with Crippen molar-refractivity contribution < 1.29 is 28.9 Å². The molecule has 8 heteroatoms. The van der Waals surface area contributed by atoms with Crippen molar-refractivity contribution in [1.29, 1.82) is 0 Å². The Kier molecular flexibility index (Phi) is 5.55. The van der Waals surface area contributed by atoms with E-state index in [1.165, 1.54) is 0 Å². The van der Waals surface area contributed by atoms with Crippen LogP contribution in [0.3, 0.4) is 0 Å². The molecule has 166 valence electrons. The first kappa shape index (κ1) is 20.5.